The van der Waals surface area contributed by atoms with E-state index in [9.17, 15) is 4.79 Å². The Balaban J connectivity index is 2.06. The molecule has 0 saturated heterocycles. The third-order valence-corrected chi connectivity index (χ3v) is 3.67. The number of nitrogens with one attached hydrogen (secondary N) is 1. The molecule has 0 atom stereocenters. The molecule has 1 N–H and O–H groups in total. The van der Waals surface area contributed by atoms with Crippen LogP contribution in [0.25, 0.3) is 0 Å². The number of carbonyl (C=O) groups is 1. The van der Waals surface area contributed by atoms with Crippen LogP contribution in [0.1, 0.15) is 37.2 Å². The molecule has 0 spiro atoms. The van der Waals surface area contributed by atoms with E-state index in [-0.39, 0.29) is 5.91 Å². The van der Waals surface area contributed by atoms with Gasteiger partial charge in [0.15, 0.2) is 5.13 Å². The zero-order valence-corrected chi connectivity index (χ0v) is 13.2. The Bertz CT molecular complexity index is 564. The summed E-state index contributed by atoms with van der Waals surface area (Å²) in [5.41, 5.74) is 1.37. The van der Waals surface area contributed by atoms with Crippen LogP contribution in [0.5, 0.6) is 0 Å². The van der Waals surface area contributed by atoms with Gasteiger partial charge in [0.1, 0.15) is 5.69 Å². The summed E-state index contributed by atoms with van der Waals surface area (Å²) in [4.78, 5) is 22.7. The van der Waals surface area contributed by atoms with Crippen LogP contribution in [-0.2, 0) is 0 Å². The van der Waals surface area contributed by atoms with E-state index in [1.807, 2.05) is 17.0 Å². The van der Waals surface area contributed by atoms with Crippen molar-refractivity contribution in [3.8, 4) is 0 Å². The van der Waals surface area contributed by atoms with Gasteiger partial charge in [-0.3, -0.25) is 9.78 Å². The first-order valence-corrected chi connectivity index (χ1v) is 8.04. The number of carbonyl (C=O) groups excluding carboxylic acids is 1. The van der Waals surface area contributed by atoms with Crippen molar-refractivity contribution in [3.05, 3.63) is 35.6 Å². The normalized spacial score (nSPS) is 10.4. The molecule has 2 aromatic rings. The molecule has 0 aliphatic heterocycles. The fourth-order valence-electron chi connectivity index (χ4n) is 2.01. The Hall–Kier alpha value is -1.95. The lowest BCUT2D eigenvalue weighted by Crippen LogP contribution is -2.32. The summed E-state index contributed by atoms with van der Waals surface area (Å²) < 4.78 is 0. The smallest absolute Gasteiger partial charge is 0.273 e. The van der Waals surface area contributed by atoms with Gasteiger partial charge < -0.3 is 10.2 Å². The molecule has 21 heavy (non-hydrogen) atoms. The summed E-state index contributed by atoms with van der Waals surface area (Å²) in [5.74, 6) is 0.00851. The number of nitrogens with zero attached hydrogens (tertiary/aromatic N) is 3. The maximum Gasteiger partial charge on any atom is 0.273 e. The second kappa shape index (κ2) is 7.73. The lowest BCUT2D eigenvalue weighted by molar-refractivity contribution is 0.0750. The topological polar surface area (TPSA) is 58.1 Å². The molecule has 1 amide bonds. The summed E-state index contributed by atoms with van der Waals surface area (Å²) in [7, 11) is 0. The predicted molar refractivity (Wildman–Crippen MR) is 86.1 cm³/mol. The summed E-state index contributed by atoms with van der Waals surface area (Å²) in [6, 6.07) is 3.77. The van der Waals surface area contributed by atoms with Gasteiger partial charge in [0.05, 0.1) is 11.9 Å². The number of hydrogen-bond acceptors (Lipinski definition) is 5. The number of amides is 1. The van der Waals surface area contributed by atoms with E-state index in [4.69, 9.17) is 0 Å². The van der Waals surface area contributed by atoms with Crippen molar-refractivity contribution in [2.45, 2.75) is 26.7 Å². The lowest BCUT2D eigenvalue weighted by atomic mass is 10.3. The molecule has 2 aromatic heterocycles. The van der Waals surface area contributed by atoms with Crippen molar-refractivity contribution in [2.24, 2.45) is 0 Å². The Kier molecular flexibility index (Phi) is 5.68. The van der Waals surface area contributed by atoms with Crippen LogP contribution in [0.3, 0.4) is 0 Å². The van der Waals surface area contributed by atoms with Crippen LogP contribution < -0.4 is 5.32 Å². The van der Waals surface area contributed by atoms with Crippen LogP contribution >= 0.6 is 11.3 Å². The van der Waals surface area contributed by atoms with E-state index in [1.165, 1.54) is 11.3 Å². The van der Waals surface area contributed by atoms with Crippen LogP contribution in [-0.4, -0.2) is 33.9 Å². The van der Waals surface area contributed by atoms with Crippen molar-refractivity contribution in [1.82, 2.24) is 14.9 Å². The third-order valence-electron chi connectivity index (χ3n) is 2.91. The van der Waals surface area contributed by atoms with Gasteiger partial charge in [0, 0.05) is 24.7 Å². The van der Waals surface area contributed by atoms with Gasteiger partial charge in [0.25, 0.3) is 5.91 Å². The Morgan fingerprint density at radius 1 is 1.33 bits per heavy atom. The highest BCUT2D eigenvalue weighted by Crippen LogP contribution is 2.21. The van der Waals surface area contributed by atoms with Crippen molar-refractivity contribution in [3.63, 3.8) is 0 Å². The van der Waals surface area contributed by atoms with Crippen molar-refractivity contribution >= 4 is 28.1 Å². The first kappa shape index (κ1) is 15.4. The summed E-state index contributed by atoms with van der Waals surface area (Å²) >= 11 is 1.43. The SMILES string of the molecule is CCCN(CCC)C(=O)c1csc(Nc2cccnc2)n1. The molecular weight excluding hydrogens is 284 g/mol. The minimum atomic E-state index is 0.00851. The fourth-order valence-corrected chi connectivity index (χ4v) is 2.71. The third kappa shape index (κ3) is 4.26. The second-order valence-corrected chi connectivity index (χ2v) is 5.55. The van der Waals surface area contributed by atoms with Gasteiger partial charge in [-0.2, -0.15) is 0 Å². The second-order valence-electron chi connectivity index (χ2n) is 4.70. The molecular formula is C15H20N4OS. The largest absolute Gasteiger partial charge is 0.337 e. The molecule has 0 aliphatic carbocycles. The number of thiazole rings is 1. The zero-order valence-electron chi connectivity index (χ0n) is 12.4. The molecule has 0 fully saturated rings. The molecule has 2 heterocycles. The van der Waals surface area contributed by atoms with Crippen LogP contribution in [0.15, 0.2) is 29.9 Å². The molecule has 0 saturated carbocycles. The van der Waals surface area contributed by atoms with Crippen LogP contribution in [0.4, 0.5) is 10.8 Å². The highest BCUT2D eigenvalue weighted by molar-refractivity contribution is 7.14. The number of hydrogen-bond donors (Lipinski definition) is 1. The van der Waals surface area contributed by atoms with Gasteiger partial charge in [-0.1, -0.05) is 13.8 Å². The molecule has 0 radical (unpaired) electrons. The van der Waals surface area contributed by atoms with Crippen molar-refractivity contribution in [1.29, 1.82) is 0 Å². The van der Waals surface area contributed by atoms with Gasteiger partial charge in [-0.05, 0) is 25.0 Å². The fraction of sp³-hybridized carbons (Fsp3) is 0.400. The van der Waals surface area contributed by atoms with E-state index in [0.717, 1.165) is 31.6 Å². The number of rotatable bonds is 7. The number of anilines is 2. The molecule has 0 aliphatic rings. The lowest BCUT2D eigenvalue weighted by Gasteiger charge is -2.20. The molecule has 112 valence electrons. The minimum absolute atomic E-state index is 0.00851. The van der Waals surface area contributed by atoms with Crippen LogP contribution in [0.2, 0.25) is 0 Å². The number of aromatic nitrogens is 2. The quantitative estimate of drug-likeness (QED) is 0.850. The van der Waals surface area contributed by atoms with Gasteiger partial charge in [-0.15, -0.1) is 11.3 Å². The van der Waals surface area contributed by atoms with Crippen molar-refractivity contribution < 1.29 is 4.79 Å². The van der Waals surface area contributed by atoms with Gasteiger partial charge >= 0.3 is 0 Å². The standard InChI is InChI=1S/C15H20N4OS/c1-3-8-19(9-4-2)14(20)13-11-21-15(18-13)17-12-6-5-7-16-10-12/h5-7,10-11H,3-4,8-9H2,1-2H3,(H,17,18). The molecule has 0 bridgehead atoms. The zero-order chi connectivity index (χ0) is 15.1. The molecule has 0 unspecified atom stereocenters. The van der Waals surface area contributed by atoms with Crippen molar-refractivity contribution in [2.75, 3.05) is 18.4 Å². The van der Waals surface area contributed by atoms with Gasteiger partial charge in [0.2, 0.25) is 0 Å². The Morgan fingerprint density at radius 2 is 2.10 bits per heavy atom. The maximum atomic E-state index is 12.4. The maximum absolute atomic E-state index is 12.4. The van der Waals surface area contributed by atoms with E-state index in [1.54, 1.807) is 17.8 Å². The molecule has 6 heteroatoms. The average molecular weight is 304 g/mol. The highest BCUT2D eigenvalue weighted by Gasteiger charge is 2.17. The summed E-state index contributed by atoms with van der Waals surface area (Å²) in [6.45, 7) is 5.70. The summed E-state index contributed by atoms with van der Waals surface area (Å²) in [6.07, 6.45) is 5.35. The highest BCUT2D eigenvalue weighted by atomic mass is 32.1. The molecule has 2 rings (SSSR count). The van der Waals surface area contributed by atoms with Gasteiger partial charge in [-0.25, -0.2) is 4.98 Å². The first-order valence-electron chi connectivity index (χ1n) is 7.16. The monoisotopic (exact) mass is 304 g/mol. The Morgan fingerprint density at radius 3 is 2.71 bits per heavy atom. The minimum Gasteiger partial charge on any atom is -0.337 e. The number of pyridine rings is 1. The average Bonchev–Trinajstić information content (AvgIpc) is 2.96. The molecule has 0 aromatic carbocycles. The first-order chi connectivity index (χ1) is 10.2. The Labute approximate surface area is 129 Å². The van der Waals surface area contributed by atoms with Crippen LogP contribution in [0, 0.1) is 0 Å². The van der Waals surface area contributed by atoms with E-state index >= 15 is 0 Å². The van der Waals surface area contributed by atoms with E-state index in [0.29, 0.717) is 10.8 Å². The van der Waals surface area contributed by atoms with E-state index < -0.39 is 0 Å². The predicted octanol–water partition coefficient (Wildman–Crippen LogP) is 3.54. The summed E-state index contributed by atoms with van der Waals surface area (Å²) in [5, 5.41) is 5.67. The molecule has 5 nitrogen and oxygen atoms in total. The van der Waals surface area contributed by atoms with E-state index in [2.05, 4.69) is 29.1 Å².